The number of carbonyl (C=O) groups excluding carboxylic acids is 2. The second kappa shape index (κ2) is 9.38. The Morgan fingerprint density at radius 3 is 2.73 bits per heavy atom. The molecule has 0 saturated carbocycles. The van der Waals surface area contributed by atoms with Crippen LogP contribution in [0.3, 0.4) is 0 Å². The number of amidine groups is 1. The van der Waals surface area contributed by atoms with Crippen molar-refractivity contribution in [2.24, 2.45) is 17.9 Å². The molecule has 0 spiro atoms. The van der Waals surface area contributed by atoms with Gasteiger partial charge in [0.05, 0.1) is 6.54 Å². The quantitative estimate of drug-likeness (QED) is 0.0577. The number of nitrogen functional groups attached to an aromatic ring is 2. The maximum Gasteiger partial charge on any atom is 0.362 e. The van der Waals surface area contributed by atoms with E-state index in [-0.39, 0.29) is 45.6 Å². The minimum atomic E-state index is -4.69. The summed E-state index contributed by atoms with van der Waals surface area (Å²) in [6.07, 6.45) is 0. The van der Waals surface area contributed by atoms with Gasteiger partial charge in [-0.05, 0) is 0 Å². The number of oxime groups is 1. The first-order chi connectivity index (χ1) is 15.5. The molecule has 0 unspecified atom stereocenters. The predicted octanol–water partition coefficient (Wildman–Crippen LogP) is -2.33. The minimum absolute atomic E-state index is 0.00108. The standard InChI is InChI=1S/C15H19N9O7S2/c1-23-10(4-7(21-23)12(16)17)30-2-3-31-22-11(9-6-32-15(18)20-9)13(25)19-8-5-24(14(8)26)33(27,28)29/h4,6,8H,2-3,5H2,1H3,(H3,16,17)(H2,18,20)(H,19,25)(H,27,28,29)/b22-11-/t8-/m0/s1. The highest BCUT2D eigenvalue weighted by atomic mass is 32.2. The van der Waals surface area contributed by atoms with E-state index in [2.05, 4.69) is 20.6 Å². The largest absolute Gasteiger partial charge is 0.474 e. The second-order valence-electron chi connectivity index (χ2n) is 6.47. The lowest BCUT2D eigenvalue weighted by atomic mass is 10.1. The third-order valence-electron chi connectivity index (χ3n) is 4.15. The Morgan fingerprint density at radius 1 is 1.45 bits per heavy atom. The van der Waals surface area contributed by atoms with Crippen LogP contribution in [0.2, 0.25) is 0 Å². The van der Waals surface area contributed by atoms with Crippen LogP contribution in [0.25, 0.3) is 0 Å². The van der Waals surface area contributed by atoms with Crippen LogP contribution in [0, 0.1) is 5.41 Å². The highest BCUT2D eigenvalue weighted by molar-refractivity contribution is 7.84. The number of nitrogens with zero attached hydrogens (tertiary/aromatic N) is 5. The maximum absolute atomic E-state index is 12.6. The van der Waals surface area contributed by atoms with E-state index < -0.39 is 34.7 Å². The average Bonchev–Trinajstić information content (AvgIpc) is 3.31. The topological polar surface area (TPSA) is 241 Å². The molecule has 1 aliphatic rings. The van der Waals surface area contributed by atoms with E-state index in [4.69, 9.17) is 31.0 Å². The zero-order chi connectivity index (χ0) is 24.3. The lowest BCUT2D eigenvalue weighted by Crippen LogP contribution is -2.65. The zero-order valence-electron chi connectivity index (χ0n) is 17.0. The third kappa shape index (κ3) is 5.54. The summed E-state index contributed by atoms with van der Waals surface area (Å²) in [7, 11) is -3.09. The molecule has 1 saturated heterocycles. The summed E-state index contributed by atoms with van der Waals surface area (Å²) in [4.78, 5) is 33.5. The van der Waals surface area contributed by atoms with E-state index in [1.807, 2.05) is 0 Å². The van der Waals surface area contributed by atoms with Crippen LogP contribution in [-0.2, 0) is 31.8 Å². The van der Waals surface area contributed by atoms with E-state index in [1.165, 1.54) is 16.1 Å². The van der Waals surface area contributed by atoms with Crippen molar-refractivity contribution in [3.63, 3.8) is 0 Å². The van der Waals surface area contributed by atoms with Gasteiger partial charge in [-0.3, -0.25) is 19.6 Å². The highest BCUT2D eigenvalue weighted by Gasteiger charge is 2.45. The van der Waals surface area contributed by atoms with Crippen molar-refractivity contribution in [1.29, 1.82) is 5.41 Å². The van der Waals surface area contributed by atoms with E-state index in [1.54, 1.807) is 7.05 Å². The van der Waals surface area contributed by atoms with Crippen LogP contribution in [0.1, 0.15) is 11.4 Å². The number of ether oxygens (including phenoxy) is 1. The third-order valence-corrected chi connectivity index (χ3v) is 5.71. The molecule has 0 radical (unpaired) electrons. The van der Waals surface area contributed by atoms with Crippen LogP contribution >= 0.6 is 11.3 Å². The first kappa shape index (κ1) is 23.9. The predicted molar refractivity (Wildman–Crippen MR) is 114 cm³/mol. The molecule has 3 rings (SSSR count). The SMILES string of the molecule is Cn1nc(C(=N)N)cc1OCCO/N=C(\C(=O)N[C@H]1CN(S(=O)(=O)O)C1=O)c1csc(N)n1. The summed E-state index contributed by atoms with van der Waals surface area (Å²) in [6.45, 7) is -0.535. The first-order valence-electron chi connectivity index (χ1n) is 8.99. The van der Waals surface area contributed by atoms with Crippen molar-refractivity contribution in [2.45, 2.75) is 6.04 Å². The van der Waals surface area contributed by atoms with Crippen LogP contribution < -0.4 is 21.5 Å². The Morgan fingerprint density at radius 2 is 2.18 bits per heavy atom. The second-order valence-corrected chi connectivity index (χ2v) is 8.70. The smallest absolute Gasteiger partial charge is 0.362 e. The lowest BCUT2D eigenvalue weighted by molar-refractivity contribution is -0.139. The summed E-state index contributed by atoms with van der Waals surface area (Å²) in [6, 6.07) is 0.290. The fourth-order valence-electron chi connectivity index (χ4n) is 2.55. The van der Waals surface area contributed by atoms with Crippen molar-refractivity contribution in [3.8, 4) is 5.88 Å². The molecule has 0 aromatic carbocycles. The summed E-state index contributed by atoms with van der Waals surface area (Å²) in [5.41, 5.74) is 11.0. The Kier molecular flexibility index (Phi) is 6.79. The van der Waals surface area contributed by atoms with Gasteiger partial charge >= 0.3 is 10.3 Å². The number of nitrogens with two attached hydrogens (primary N) is 2. The molecule has 33 heavy (non-hydrogen) atoms. The number of nitrogens with one attached hydrogen (secondary N) is 2. The molecule has 2 aromatic rings. The molecule has 0 aliphatic carbocycles. The fraction of sp³-hybridized carbons (Fsp3) is 0.333. The van der Waals surface area contributed by atoms with Gasteiger partial charge in [0.2, 0.25) is 5.88 Å². The number of hydrogen-bond acceptors (Lipinski definition) is 12. The van der Waals surface area contributed by atoms with Crippen LogP contribution in [0.4, 0.5) is 5.13 Å². The molecule has 7 N–H and O–H groups in total. The molecule has 2 aromatic heterocycles. The molecule has 1 atom stereocenters. The maximum atomic E-state index is 12.6. The molecule has 16 nitrogen and oxygen atoms in total. The van der Waals surface area contributed by atoms with Crippen molar-refractivity contribution < 1.29 is 32.1 Å². The van der Waals surface area contributed by atoms with Crippen LogP contribution in [0.5, 0.6) is 5.88 Å². The average molecular weight is 502 g/mol. The summed E-state index contributed by atoms with van der Waals surface area (Å²) in [5, 5.41) is 19.0. The molecule has 0 bridgehead atoms. The number of aromatic nitrogens is 3. The van der Waals surface area contributed by atoms with Gasteiger partial charge in [-0.25, -0.2) is 14.0 Å². The molecule has 1 fully saturated rings. The Hall–Kier alpha value is -3.77. The van der Waals surface area contributed by atoms with Gasteiger partial charge in [0.1, 0.15) is 29.9 Å². The van der Waals surface area contributed by atoms with Crippen molar-refractivity contribution in [2.75, 3.05) is 25.5 Å². The lowest BCUT2D eigenvalue weighted by Gasteiger charge is -2.35. The number of anilines is 1. The van der Waals surface area contributed by atoms with Crippen LogP contribution in [0.15, 0.2) is 16.6 Å². The van der Waals surface area contributed by atoms with E-state index >= 15 is 0 Å². The van der Waals surface area contributed by atoms with Gasteiger partial charge in [-0.2, -0.15) is 13.5 Å². The van der Waals surface area contributed by atoms with E-state index in [0.29, 0.717) is 5.88 Å². The van der Waals surface area contributed by atoms with Gasteiger partial charge in [-0.1, -0.05) is 5.16 Å². The molecule has 3 heterocycles. The molecular weight excluding hydrogens is 482 g/mol. The number of amides is 2. The number of hydrogen-bond donors (Lipinski definition) is 5. The summed E-state index contributed by atoms with van der Waals surface area (Å²) < 4.78 is 38.0. The van der Waals surface area contributed by atoms with Crippen molar-refractivity contribution in [3.05, 3.63) is 22.8 Å². The molecule has 1 aliphatic heterocycles. The Balaban J connectivity index is 1.61. The fourth-order valence-corrected chi connectivity index (χ4v) is 3.79. The number of thiazole rings is 1. The molecule has 178 valence electrons. The number of carbonyl (C=O) groups is 2. The van der Waals surface area contributed by atoms with Crippen LogP contribution in [-0.4, -0.2) is 81.2 Å². The minimum Gasteiger partial charge on any atom is -0.474 e. The molecular formula is C15H19N9O7S2. The summed E-state index contributed by atoms with van der Waals surface area (Å²) >= 11 is 1.04. The molecule has 2 amide bonds. The van der Waals surface area contributed by atoms with Gasteiger partial charge < -0.3 is 26.4 Å². The van der Waals surface area contributed by atoms with Gasteiger partial charge in [0, 0.05) is 18.5 Å². The van der Waals surface area contributed by atoms with Gasteiger partial charge in [0.25, 0.3) is 11.8 Å². The normalized spacial score (nSPS) is 16.3. The monoisotopic (exact) mass is 501 g/mol. The van der Waals surface area contributed by atoms with Crippen molar-refractivity contribution >= 4 is 50.1 Å². The summed E-state index contributed by atoms with van der Waals surface area (Å²) in [5.74, 6) is -1.76. The zero-order valence-corrected chi connectivity index (χ0v) is 18.6. The van der Waals surface area contributed by atoms with Gasteiger partial charge in [-0.15, -0.1) is 11.3 Å². The van der Waals surface area contributed by atoms with Crippen molar-refractivity contribution in [1.82, 2.24) is 24.4 Å². The molecule has 18 heteroatoms. The van der Waals surface area contributed by atoms with E-state index in [9.17, 15) is 18.0 Å². The Labute approximate surface area is 190 Å². The van der Waals surface area contributed by atoms with Gasteiger partial charge in [0.15, 0.2) is 17.5 Å². The van der Waals surface area contributed by atoms with E-state index in [0.717, 1.165) is 11.3 Å². The number of rotatable bonds is 10. The number of β-lactam (4-membered cyclic amide) rings is 1. The Bertz CT molecular complexity index is 1220. The highest BCUT2D eigenvalue weighted by Crippen LogP contribution is 2.16. The number of aryl methyl sites for hydroxylation is 1. The first-order valence-corrected chi connectivity index (χ1v) is 11.3.